The Bertz CT molecular complexity index is 1130. The average molecular weight is 500 g/mol. The van der Waals surface area contributed by atoms with E-state index in [1.54, 1.807) is 17.2 Å². The highest BCUT2D eigenvalue weighted by atomic mass is 32.2. The lowest BCUT2D eigenvalue weighted by Gasteiger charge is -2.39. The second-order valence-corrected chi connectivity index (χ2v) is 10.5. The van der Waals surface area contributed by atoms with Gasteiger partial charge in [-0.25, -0.2) is 18.4 Å². The second-order valence-electron chi connectivity index (χ2n) is 8.18. The molecule has 2 saturated heterocycles. The van der Waals surface area contributed by atoms with Crippen molar-refractivity contribution in [2.75, 3.05) is 32.5 Å². The van der Waals surface area contributed by atoms with Gasteiger partial charge in [-0.1, -0.05) is 6.08 Å². The van der Waals surface area contributed by atoms with Crippen molar-refractivity contribution in [1.82, 2.24) is 14.8 Å². The molecule has 1 atom stereocenters. The van der Waals surface area contributed by atoms with E-state index in [4.69, 9.17) is 4.74 Å². The first-order valence-corrected chi connectivity index (χ1v) is 12.5. The van der Waals surface area contributed by atoms with Gasteiger partial charge in [0.1, 0.15) is 11.6 Å². The minimum Gasteiger partial charge on any atom is -0.479 e. The molecule has 1 aromatic heterocycles. The van der Waals surface area contributed by atoms with Gasteiger partial charge in [0, 0.05) is 44.8 Å². The van der Waals surface area contributed by atoms with Crippen LogP contribution in [-0.2, 0) is 14.6 Å². The average Bonchev–Trinajstić information content (AvgIpc) is 2.92. The number of nitrogens with zero attached hydrogens (tertiary/aromatic N) is 4. The summed E-state index contributed by atoms with van der Waals surface area (Å²) in [5.74, 6) is 0.512. The zero-order valence-corrected chi connectivity index (χ0v) is 19.1. The Labute approximate surface area is 194 Å². The van der Waals surface area contributed by atoms with Gasteiger partial charge >= 0.3 is 6.18 Å². The largest absolute Gasteiger partial charge is 0.479 e. The summed E-state index contributed by atoms with van der Waals surface area (Å²) in [5.41, 5.74) is 0.598. The van der Waals surface area contributed by atoms with Gasteiger partial charge in [0.25, 0.3) is 5.91 Å². The SMILES string of the molecule is CS(=O)(=O)C1CN(C2=NC=C(N3CC[C@@H](Oc4ccc(OCC(F)(F)F)nc4)C3=O)C=CC2)C1. The van der Waals surface area contributed by atoms with Crippen molar-refractivity contribution >= 4 is 21.6 Å². The minimum atomic E-state index is -4.46. The van der Waals surface area contributed by atoms with Crippen molar-refractivity contribution in [1.29, 1.82) is 0 Å². The molecule has 34 heavy (non-hydrogen) atoms. The number of ether oxygens (including phenoxy) is 2. The Balaban J connectivity index is 1.34. The Morgan fingerprint density at radius 1 is 1.24 bits per heavy atom. The van der Waals surface area contributed by atoms with Crippen molar-refractivity contribution in [3.8, 4) is 11.6 Å². The first-order chi connectivity index (χ1) is 16.0. The maximum Gasteiger partial charge on any atom is 0.422 e. The number of likely N-dealkylation sites (tertiary alicyclic amines) is 2. The molecule has 0 saturated carbocycles. The Hall–Kier alpha value is -3.09. The summed E-state index contributed by atoms with van der Waals surface area (Å²) in [7, 11) is -3.07. The van der Waals surface area contributed by atoms with Crippen LogP contribution in [0.1, 0.15) is 12.8 Å². The fourth-order valence-corrected chi connectivity index (χ4v) is 4.57. The molecule has 3 aliphatic heterocycles. The molecule has 2 fully saturated rings. The summed E-state index contributed by atoms with van der Waals surface area (Å²) in [6, 6.07) is 2.64. The van der Waals surface area contributed by atoms with Crippen LogP contribution in [0, 0.1) is 0 Å². The van der Waals surface area contributed by atoms with Gasteiger partial charge in [0.15, 0.2) is 22.5 Å². The van der Waals surface area contributed by atoms with Crippen LogP contribution < -0.4 is 9.47 Å². The molecule has 0 bridgehead atoms. The van der Waals surface area contributed by atoms with E-state index in [1.165, 1.54) is 24.6 Å². The number of rotatable bonds is 6. The van der Waals surface area contributed by atoms with Gasteiger partial charge in [-0.15, -0.1) is 0 Å². The summed E-state index contributed by atoms with van der Waals surface area (Å²) in [6.07, 6.45) is 3.39. The number of amides is 1. The third-order valence-corrected chi connectivity index (χ3v) is 7.10. The molecule has 0 radical (unpaired) electrons. The summed E-state index contributed by atoms with van der Waals surface area (Å²) in [4.78, 5) is 24.6. The van der Waals surface area contributed by atoms with Crippen LogP contribution in [0.4, 0.5) is 13.2 Å². The van der Waals surface area contributed by atoms with Crippen molar-refractivity contribution in [3.05, 3.63) is 42.4 Å². The van der Waals surface area contributed by atoms with E-state index in [0.717, 1.165) is 5.84 Å². The van der Waals surface area contributed by atoms with Crippen molar-refractivity contribution < 1.29 is 35.9 Å². The molecule has 0 unspecified atom stereocenters. The monoisotopic (exact) mass is 500 g/mol. The lowest BCUT2D eigenvalue weighted by atomic mass is 10.2. The third kappa shape index (κ3) is 5.69. The molecule has 0 aliphatic carbocycles. The number of halogens is 3. The summed E-state index contributed by atoms with van der Waals surface area (Å²) >= 11 is 0. The number of hydrogen-bond donors (Lipinski definition) is 0. The number of pyridine rings is 1. The minimum absolute atomic E-state index is 0.198. The molecule has 0 N–H and O–H groups in total. The molecule has 1 aromatic rings. The Morgan fingerprint density at radius 2 is 2.00 bits per heavy atom. The summed E-state index contributed by atoms with van der Waals surface area (Å²) in [6.45, 7) is -0.230. The summed E-state index contributed by atoms with van der Waals surface area (Å²) in [5, 5.41) is -0.385. The van der Waals surface area contributed by atoms with Gasteiger partial charge < -0.3 is 19.3 Å². The lowest BCUT2D eigenvalue weighted by molar-refractivity contribution is -0.154. The van der Waals surface area contributed by atoms with Crippen LogP contribution in [-0.4, -0.2) is 85.0 Å². The normalized spacial score (nSPS) is 21.6. The van der Waals surface area contributed by atoms with E-state index in [-0.39, 0.29) is 22.8 Å². The molecule has 3 aliphatic rings. The van der Waals surface area contributed by atoms with E-state index in [1.807, 2.05) is 11.0 Å². The van der Waals surface area contributed by atoms with Crippen molar-refractivity contribution in [3.63, 3.8) is 0 Å². The topological polar surface area (TPSA) is 101 Å². The van der Waals surface area contributed by atoms with Gasteiger partial charge in [-0.2, -0.15) is 13.2 Å². The predicted molar refractivity (Wildman–Crippen MR) is 116 cm³/mol. The number of carbonyl (C=O) groups is 1. The van der Waals surface area contributed by atoms with Gasteiger partial charge in [0.05, 0.1) is 23.3 Å². The number of sulfone groups is 1. The highest BCUT2D eigenvalue weighted by Crippen LogP contribution is 2.26. The standard InChI is InChI=1S/C21H23F3N4O5S/c1-34(30,31)16-11-27(12-16)18-4-2-3-14(9-25-18)28-8-7-17(20(28)29)33-15-5-6-19(26-10-15)32-13-21(22,23)24/h2-3,5-6,9-10,16-17H,4,7-8,11-13H2,1H3/t17-/m1/s1. The van der Waals surface area contributed by atoms with E-state index in [0.29, 0.717) is 38.2 Å². The fraction of sp³-hybridized carbons (Fsp3) is 0.476. The maximum absolute atomic E-state index is 12.9. The van der Waals surface area contributed by atoms with Crippen LogP contribution in [0.25, 0.3) is 0 Å². The number of carbonyl (C=O) groups excluding carboxylic acids is 1. The number of aromatic nitrogens is 1. The molecule has 0 aromatic carbocycles. The fourth-order valence-electron chi connectivity index (χ4n) is 3.67. The third-order valence-electron chi connectivity index (χ3n) is 5.59. The van der Waals surface area contributed by atoms with Crippen LogP contribution >= 0.6 is 0 Å². The van der Waals surface area contributed by atoms with Crippen molar-refractivity contribution in [2.24, 2.45) is 4.99 Å². The highest BCUT2D eigenvalue weighted by molar-refractivity contribution is 7.91. The van der Waals surface area contributed by atoms with E-state index in [2.05, 4.69) is 14.7 Å². The first-order valence-electron chi connectivity index (χ1n) is 10.5. The van der Waals surface area contributed by atoms with E-state index >= 15 is 0 Å². The number of allylic oxidation sites excluding steroid dienone is 1. The maximum atomic E-state index is 12.9. The zero-order chi connectivity index (χ0) is 24.5. The number of hydrogen-bond acceptors (Lipinski definition) is 8. The van der Waals surface area contributed by atoms with Gasteiger partial charge in [-0.05, 0) is 12.1 Å². The number of amidine groups is 1. The molecule has 9 nitrogen and oxygen atoms in total. The first kappa shape index (κ1) is 24.0. The molecular weight excluding hydrogens is 477 g/mol. The van der Waals surface area contributed by atoms with Gasteiger partial charge in [-0.3, -0.25) is 4.79 Å². The molecule has 4 heterocycles. The lowest BCUT2D eigenvalue weighted by Crippen LogP contribution is -2.56. The second kappa shape index (κ2) is 9.28. The van der Waals surface area contributed by atoms with Gasteiger partial charge in [0.2, 0.25) is 5.88 Å². The molecule has 13 heteroatoms. The van der Waals surface area contributed by atoms with Crippen molar-refractivity contribution in [2.45, 2.75) is 30.4 Å². The Kier molecular flexibility index (Phi) is 6.56. The quantitative estimate of drug-likeness (QED) is 0.588. The molecule has 0 spiro atoms. The summed E-state index contributed by atoms with van der Waals surface area (Å²) < 4.78 is 70.2. The molecular formula is C21H23F3N4O5S. The van der Waals surface area contributed by atoms with Crippen LogP contribution in [0.2, 0.25) is 0 Å². The highest BCUT2D eigenvalue weighted by Gasteiger charge is 2.37. The molecule has 4 rings (SSSR count). The van der Waals surface area contributed by atoms with Crippen LogP contribution in [0.15, 0.2) is 47.4 Å². The van der Waals surface area contributed by atoms with Crippen LogP contribution in [0.3, 0.4) is 0 Å². The molecule has 184 valence electrons. The zero-order valence-electron chi connectivity index (χ0n) is 18.2. The van der Waals surface area contributed by atoms with E-state index < -0.39 is 28.7 Å². The number of alkyl halides is 3. The predicted octanol–water partition coefficient (Wildman–Crippen LogP) is 1.93. The van der Waals surface area contributed by atoms with E-state index in [9.17, 15) is 26.4 Å². The Morgan fingerprint density at radius 3 is 2.65 bits per heavy atom. The van der Waals surface area contributed by atoms with Crippen LogP contribution in [0.5, 0.6) is 11.6 Å². The number of aliphatic imine (C=N–C) groups is 1. The smallest absolute Gasteiger partial charge is 0.422 e. The molecule has 1 amide bonds.